The van der Waals surface area contributed by atoms with E-state index in [0.29, 0.717) is 41.1 Å². The predicted molar refractivity (Wildman–Crippen MR) is 88.9 cm³/mol. The summed E-state index contributed by atoms with van der Waals surface area (Å²) in [5, 5.41) is 2.48. The van der Waals surface area contributed by atoms with Crippen LogP contribution in [-0.4, -0.2) is 30.4 Å². The lowest BCUT2D eigenvalue weighted by molar-refractivity contribution is -0.105. The molecule has 0 saturated carbocycles. The summed E-state index contributed by atoms with van der Waals surface area (Å²) in [7, 11) is 0. The van der Waals surface area contributed by atoms with Crippen molar-refractivity contribution in [2.45, 2.75) is 12.8 Å². The van der Waals surface area contributed by atoms with E-state index in [9.17, 15) is 19.2 Å². The molecular weight excluding hydrogens is 340 g/mol. The first-order valence-electron chi connectivity index (χ1n) is 7.28. The van der Waals surface area contributed by atoms with Gasteiger partial charge in [0.25, 0.3) is 0 Å². The number of aliphatic imine (C=N–C) groups is 2. The fourth-order valence-corrected chi connectivity index (χ4v) is 2.80. The van der Waals surface area contributed by atoms with Crippen molar-refractivity contribution < 1.29 is 23.9 Å². The van der Waals surface area contributed by atoms with Gasteiger partial charge in [-0.05, 0) is 18.2 Å². The van der Waals surface area contributed by atoms with Crippen molar-refractivity contribution >= 4 is 41.7 Å². The molecule has 1 aliphatic heterocycles. The highest BCUT2D eigenvalue weighted by atomic mass is 16.5. The van der Waals surface area contributed by atoms with Crippen molar-refractivity contribution in [3.8, 4) is 5.75 Å². The fraction of sp³-hybridized carbons (Fsp3) is 0.118. The molecular formula is C17H9N4O5+. The number of carbonyl (C=O) groups excluding carboxylic acids is 4. The Morgan fingerprint density at radius 1 is 1.15 bits per heavy atom. The molecule has 1 aromatic carbocycles. The average Bonchev–Trinajstić information content (AvgIpc) is 2.61. The Labute approximate surface area is 145 Å². The molecule has 126 valence electrons. The van der Waals surface area contributed by atoms with Gasteiger partial charge in [0.15, 0.2) is 5.75 Å². The maximum Gasteiger partial charge on any atom is 0.568 e. The number of carbonyl (C=O) groups is 1. The molecule has 26 heavy (non-hydrogen) atoms. The van der Waals surface area contributed by atoms with Crippen LogP contribution in [0.1, 0.15) is 12.0 Å². The summed E-state index contributed by atoms with van der Waals surface area (Å²) in [6.45, 7) is 0. The SMILES string of the molecule is O=C=NC1=CC2=C(Oc3c(cc(NC=O)cc3N=C=O)C2)C(=[N+]=C=O)C1. The molecule has 0 aromatic heterocycles. The Hall–Kier alpha value is -4.11. The van der Waals surface area contributed by atoms with Crippen molar-refractivity contribution in [1.82, 2.24) is 4.67 Å². The van der Waals surface area contributed by atoms with Gasteiger partial charge in [-0.3, -0.25) is 4.79 Å². The van der Waals surface area contributed by atoms with Gasteiger partial charge in [-0.1, -0.05) is 0 Å². The van der Waals surface area contributed by atoms with Crippen LogP contribution in [0.25, 0.3) is 0 Å². The van der Waals surface area contributed by atoms with E-state index in [4.69, 9.17) is 4.74 Å². The molecule has 0 saturated heterocycles. The largest absolute Gasteiger partial charge is 0.568 e. The molecule has 0 bridgehead atoms. The molecule has 0 unspecified atom stereocenters. The smallest absolute Gasteiger partial charge is 0.446 e. The second-order valence-corrected chi connectivity index (χ2v) is 5.25. The molecule has 9 nitrogen and oxygen atoms in total. The maximum atomic E-state index is 10.7. The normalized spacial score (nSPS) is 14.2. The number of allylic oxidation sites excluding steroid dienone is 4. The highest BCUT2D eigenvalue weighted by Crippen LogP contribution is 2.42. The van der Waals surface area contributed by atoms with Crippen LogP contribution in [0.4, 0.5) is 11.4 Å². The van der Waals surface area contributed by atoms with Gasteiger partial charge >= 0.3 is 11.8 Å². The number of isocyanates is 3. The highest BCUT2D eigenvalue weighted by Gasteiger charge is 2.34. The molecule has 1 amide bonds. The zero-order chi connectivity index (χ0) is 18.5. The van der Waals surface area contributed by atoms with E-state index in [2.05, 4.69) is 20.0 Å². The molecule has 2 aliphatic rings. The number of hydrogen-bond donors (Lipinski definition) is 1. The molecule has 1 heterocycles. The van der Waals surface area contributed by atoms with Gasteiger partial charge < -0.3 is 10.1 Å². The van der Waals surface area contributed by atoms with Crippen molar-refractivity contribution in [1.29, 1.82) is 0 Å². The van der Waals surface area contributed by atoms with Gasteiger partial charge in [0.2, 0.25) is 24.3 Å². The number of ether oxygens (including phenoxy) is 1. The molecule has 3 rings (SSSR count). The minimum Gasteiger partial charge on any atom is -0.446 e. The Morgan fingerprint density at radius 3 is 2.65 bits per heavy atom. The average molecular weight is 349 g/mol. The highest BCUT2D eigenvalue weighted by molar-refractivity contribution is 6.03. The second kappa shape index (κ2) is 7.20. The van der Waals surface area contributed by atoms with E-state index in [-0.39, 0.29) is 23.6 Å². The van der Waals surface area contributed by atoms with Crippen LogP contribution in [-0.2, 0) is 25.6 Å². The van der Waals surface area contributed by atoms with E-state index < -0.39 is 0 Å². The maximum absolute atomic E-state index is 10.7. The minimum atomic E-state index is 0.0930. The van der Waals surface area contributed by atoms with E-state index in [1.165, 1.54) is 24.3 Å². The Kier molecular flexibility index (Phi) is 4.63. The first-order chi connectivity index (χ1) is 12.7. The number of nitrogens with zero attached hydrogens (tertiary/aromatic N) is 3. The summed E-state index contributed by atoms with van der Waals surface area (Å²) >= 11 is 0. The lowest BCUT2D eigenvalue weighted by Gasteiger charge is -2.23. The Balaban J connectivity index is 2.18. The molecule has 1 aliphatic carbocycles. The zero-order valence-corrected chi connectivity index (χ0v) is 13.1. The molecule has 0 spiro atoms. The summed E-state index contributed by atoms with van der Waals surface area (Å²) in [6, 6.07) is 3.11. The van der Waals surface area contributed by atoms with Gasteiger partial charge in [0, 0.05) is 27.9 Å². The number of fused-ring (bicyclic) bond motifs is 1. The summed E-state index contributed by atoms with van der Waals surface area (Å²) in [5.41, 5.74) is 2.45. The minimum absolute atomic E-state index is 0.0930. The van der Waals surface area contributed by atoms with E-state index in [1.807, 2.05) is 0 Å². The van der Waals surface area contributed by atoms with Crippen LogP contribution < -0.4 is 14.7 Å². The monoisotopic (exact) mass is 349 g/mol. The van der Waals surface area contributed by atoms with E-state index in [0.717, 1.165) is 0 Å². The third-order valence-corrected chi connectivity index (χ3v) is 3.74. The van der Waals surface area contributed by atoms with Crippen molar-refractivity contribution in [3.05, 3.63) is 40.8 Å². The Bertz CT molecular complexity index is 1060. The van der Waals surface area contributed by atoms with Crippen LogP contribution in [0, 0.1) is 0 Å². The van der Waals surface area contributed by atoms with Crippen molar-refractivity contribution in [3.63, 3.8) is 0 Å². The molecule has 1 aromatic rings. The van der Waals surface area contributed by atoms with Crippen LogP contribution in [0.3, 0.4) is 0 Å². The van der Waals surface area contributed by atoms with Gasteiger partial charge in [-0.15, -0.1) is 4.79 Å². The van der Waals surface area contributed by atoms with Gasteiger partial charge in [-0.2, -0.15) is 9.98 Å². The Morgan fingerprint density at radius 2 is 1.96 bits per heavy atom. The molecule has 0 radical (unpaired) electrons. The summed E-state index contributed by atoms with van der Waals surface area (Å²) in [6.07, 6.45) is 6.87. The number of amides is 1. The molecule has 9 heteroatoms. The van der Waals surface area contributed by atoms with E-state index >= 15 is 0 Å². The topological polar surface area (TPSA) is 128 Å². The van der Waals surface area contributed by atoms with E-state index in [1.54, 1.807) is 12.1 Å². The first-order valence-corrected chi connectivity index (χ1v) is 7.28. The van der Waals surface area contributed by atoms with Crippen LogP contribution >= 0.6 is 0 Å². The van der Waals surface area contributed by atoms with Crippen molar-refractivity contribution in [2.24, 2.45) is 9.98 Å². The standard InChI is InChI=1S/C17H8N4O5/c22-6-18-12-2-10-1-11-3-13(19-7-23)5-15(21-9-25)17(11)26-16(10)14(4-12)20-8-24/h2-4,6H,1,5H2/p+1. The second-order valence-electron chi connectivity index (χ2n) is 5.25. The fourth-order valence-electron chi connectivity index (χ4n) is 2.80. The third-order valence-electron chi connectivity index (χ3n) is 3.74. The van der Waals surface area contributed by atoms with Crippen LogP contribution in [0.15, 0.2) is 45.2 Å². The first kappa shape index (κ1) is 16.7. The van der Waals surface area contributed by atoms with Gasteiger partial charge in [0.1, 0.15) is 5.69 Å². The number of rotatable bonds is 4. The predicted octanol–water partition coefficient (Wildman–Crippen LogP) is 0.879. The number of benzene rings is 1. The van der Waals surface area contributed by atoms with Crippen LogP contribution in [0.2, 0.25) is 0 Å². The summed E-state index contributed by atoms with van der Waals surface area (Å²) in [4.78, 5) is 49.9. The quantitative estimate of drug-likeness (QED) is 0.373. The summed E-state index contributed by atoms with van der Waals surface area (Å²) in [5.74, 6) is 0.599. The number of hydrogen-bond acceptors (Lipinski definition) is 7. The lowest BCUT2D eigenvalue weighted by Crippen LogP contribution is -2.22. The zero-order valence-electron chi connectivity index (χ0n) is 13.1. The summed E-state index contributed by atoms with van der Waals surface area (Å²) < 4.78 is 9.47. The van der Waals surface area contributed by atoms with Gasteiger partial charge in [0.05, 0.1) is 12.1 Å². The number of anilines is 1. The van der Waals surface area contributed by atoms with Crippen molar-refractivity contribution in [2.75, 3.05) is 5.32 Å². The molecule has 1 N–H and O–H groups in total. The molecule has 0 fully saturated rings. The number of nitrogens with one attached hydrogen (secondary N) is 1. The third kappa shape index (κ3) is 3.09. The van der Waals surface area contributed by atoms with Crippen LogP contribution in [0.5, 0.6) is 5.75 Å². The molecule has 0 atom stereocenters. The van der Waals surface area contributed by atoms with Gasteiger partial charge in [-0.25, -0.2) is 9.59 Å². The lowest BCUT2D eigenvalue weighted by atomic mass is 9.92.